The highest BCUT2D eigenvalue weighted by Gasteiger charge is 2.22. The van der Waals surface area contributed by atoms with E-state index in [4.69, 9.17) is 0 Å². The Bertz CT molecular complexity index is 518. The molecule has 0 unspecified atom stereocenters. The molecule has 0 fully saturated rings. The Morgan fingerprint density at radius 1 is 1.00 bits per heavy atom. The first-order valence-electron chi connectivity index (χ1n) is 6.70. The van der Waals surface area contributed by atoms with E-state index in [0.29, 0.717) is 6.04 Å². The van der Waals surface area contributed by atoms with E-state index in [1.807, 2.05) is 0 Å². The molecular weight excluding hydrogens is 218 g/mol. The summed E-state index contributed by atoms with van der Waals surface area (Å²) >= 11 is 0. The molecule has 0 saturated carbocycles. The van der Waals surface area contributed by atoms with E-state index in [-0.39, 0.29) is 0 Å². The molecule has 0 spiro atoms. The monoisotopic (exact) mass is 237 g/mol. The van der Waals surface area contributed by atoms with Gasteiger partial charge in [0.25, 0.3) is 0 Å². The van der Waals surface area contributed by atoms with Crippen LogP contribution in [0.25, 0.3) is 0 Å². The van der Waals surface area contributed by atoms with E-state index in [1.54, 1.807) is 0 Å². The van der Waals surface area contributed by atoms with Gasteiger partial charge in [-0.3, -0.25) is 4.90 Å². The molecule has 0 aliphatic carbocycles. The van der Waals surface area contributed by atoms with Gasteiger partial charge in [-0.15, -0.1) is 0 Å². The maximum absolute atomic E-state index is 2.57. The van der Waals surface area contributed by atoms with Gasteiger partial charge in [-0.05, 0) is 30.0 Å². The van der Waals surface area contributed by atoms with E-state index < -0.39 is 0 Å². The summed E-state index contributed by atoms with van der Waals surface area (Å²) in [5.74, 6) is 0. The fourth-order valence-electron chi connectivity index (χ4n) is 2.86. The third-order valence-electron chi connectivity index (χ3n) is 3.95. The molecular formula is C17H19N. The van der Waals surface area contributed by atoms with Crippen LogP contribution >= 0.6 is 0 Å². The molecule has 18 heavy (non-hydrogen) atoms. The number of hydrogen-bond acceptors (Lipinski definition) is 1. The van der Waals surface area contributed by atoms with Crippen molar-refractivity contribution in [1.82, 2.24) is 4.90 Å². The fraction of sp³-hybridized carbons (Fsp3) is 0.294. The number of benzene rings is 2. The summed E-state index contributed by atoms with van der Waals surface area (Å²) in [5.41, 5.74) is 4.43. The first-order chi connectivity index (χ1) is 8.84. The molecule has 92 valence electrons. The van der Waals surface area contributed by atoms with Crippen molar-refractivity contribution in [2.45, 2.75) is 25.9 Å². The van der Waals surface area contributed by atoms with Crippen LogP contribution in [-0.2, 0) is 13.0 Å². The highest BCUT2D eigenvalue weighted by Crippen LogP contribution is 2.30. The quantitative estimate of drug-likeness (QED) is 0.767. The van der Waals surface area contributed by atoms with E-state index in [9.17, 15) is 0 Å². The molecule has 1 aliphatic rings. The molecule has 0 N–H and O–H groups in total. The van der Waals surface area contributed by atoms with E-state index in [1.165, 1.54) is 23.1 Å². The molecule has 0 amide bonds. The normalized spacial score (nSPS) is 19.5. The van der Waals surface area contributed by atoms with Gasteiger partial charge in [-0.25, -0.2) is 0 Å². The Kier molecular flexibility index (Phi) is 3.16. The molecule has 0 aromatic heterocycles. The molecule has 0 bridgehead atoms. The predicted octanol–water partition coefficient (Wildman–Crippen LogP) is 3.81. The highest BCUT2D eigenvalue weighted by atomic mass is 15.2. The zero-order valence-electron chi connectivity index (χ0n) is 10.8. The second-order valence-corrected chi connectivity index (χ2v) is 5.08. The van der Waals surface area contributed by atoms with E-state index in [2.05, 4.69) is 66.4 Å². The first-order valence-corrected chi connectivity index (χ1v) is 6.70. The van der Waals surface area contributed by atoms with Gasteiger partial charge in [0, 0.05) is 19.1 Å². The lowest BCUT2D eigenvalue weighted by atomic mass is 9.93. The van der Waals surface area contributed by atoms with E-state index in [0.717, 1.165) is 13.1 Å². The standard InChI is InChI=1S/C17H19N/c1-14-17-10-6-5-9-16(17)11-12-18(14)13-15-7-3-2-4-8-15/h2-10,14H,11-13H2,1H3/t14-/m1/s1. The van der Waals surface area contributed by atoms with Gasteiger partial charge in [-0.2, -0.15) is 0 Å². The average Bonchev–Trinajstić information content (AvgIpc) is 2.43. The topological polar surface area (TPSA) is 3.24 Å². The van der Waals surface area contributed by atoms with Crippen LogP contribution in [0.2, 0.25) is 0 Å². The van der Waals surface area contributed by atoms with Crippen LogP contribution in [0, 0.1) is 0 Å². The molecule has 3 rings (SSSR count). The zero-order chi connectivity index (χ0) is 12.4. The molecule has 1 heterocycles. The fourth-order valence-corrected chi connectivity index (χ4v) is 2.86. The van der Waals surface area contributed by atoms with Gasteiger partial charge in [0.15, 0.2) is 0 Å². The van der Waals surface area contributed by atoms with Gasteiger partial charge in [0.1, 0.15) is 0 Å². The van der Waals surface area contributed by atoms with Crippen molar-refractivity contribution < 1.29 is 0 Å². The zero-order valence-corrected chi connectivity index (χ0v) is 10.8. The van der Waals surface area contributed by atoms with Gasteiger partial charge < -0.3 is 0 Å². The molecule has 2 aromatic carbocycles. The Morgan fingerprint density at radius 3 is 2.56 bits per heavy atom. The third kappa shape index (κ3) is 2.19. The lowest BCUT2D eigenvalue weighted by Gasteiger charge is -2.35. The Balaban J connectivity index is 1.81. The van der Waals surface area contributed by atoms with Crippen LogP contribution in [0.15, 0.2) is 54.6 Å². The summed E-state index contributed by atoms with van der Waals surface area (Å²) in [5, 5.41) is 0. The van der Waals surface area contributed by atoms with Gasteiger partial charge >= 0.3 is 0 Å². The maximum atomic E-state index is 2.57. The number of rotatable bonds is 2. The van der Waals surface area contributed by atoms with Crippen molar-refractivity contribution >= 4 is 0 Å². The number of fused-ring (bicyclic) bond motifs is 1. The molecule has 1 nitrogen and oxygen atoms in total. The van der Waals surface area contributed by atoms with Gasteiger partial charge in [-0.1, -0.05) is 54.6 Å². The Labute approximate surface area is 109 Å². The minimum atomic E-state index is 0.523. The third-order valence-corrected chi connectivity index (χ3v) is 3.95. The SMILES string of the molecule is C[C@@H]1c2ccccc2CCN1Cc1ccccc1. The van der Waals surface area contributed by atoms with Gasteiger partial charge in [0.05, 0.1) is 0 Å². The molecule has 1 atom stereocenters. The highest BCUT2D eigenvalue weighted by molar-refractivity contribution is 5.32. The second kappa shape index (κ2) is 4.95. The smallest absolute Gasteiger partial charge is 0.0326 e. The van der Waals surface area contributed by atoms with Crippen LogP contribution in [0.5, 0.6) is 0 Å². The minimum absolute atomic E-state index is 0.523. The van der Waals surface area contributed by atoms with Crippen molar-refractivity contribution in [2.24, 2.45) is 0 Å². The molecule has 0 saturated heterocycles. The summed E-state index contributed by atoms with van der Waals surface area (Å²) in [6, 6.07) is 20.1. The number of hydrogen-bond donors (Lipinski definition) is 0. The van der Waals surface area contributed by atoms with Crippen molar-refractivity contribution in [2.75, 3.05) is 6.54 Å². The summed E-state index contributed by atoms with van der Waals surface area (Å²) in [4.78, 5) is 2.57. The Morgan fingerprint density at radius 2 is 1.72 bits per heavy atom. The van der Waals surface area contributed by atoms with Crippen LogP contribution in [0.1, 0.15) is 29.7 Å². The molecule has 0 radical (unpaired) electrons. The van der Waals surface area contributed by atoms with Crippen LogP contribution in [0.3, 0.4) is 0 Å². The lowest BCUT2D eigenvalue weighted by Crippen LogP contribution is -2.33. The molecule has 1 aliphatic heterocycles. The predicted molar refractivity (Wildman–Crippen MR) is 75.4 cm³/mol. The Hall–Kier alpha value is -1.60. The van der Waals surface area contributed by atoms with Gasteiger partial charge in [0.2, 0.25) is 0 Å². The largest absolute Gasteiger partial charge is 0.292 e. The van der Waals surface area contributed by atoms with Crippen molar-refractivity contribution in [3.8, 4) is 0 Å². The average molecular weight is 237 g/mol. The summed E-state index contributed by atoms with van der Waals surface area (Å²) in [7, 11) is 0. The summed E-state index contributed by atoms with van der Waals surface area (Å²) in [6.07, 6.45) is 1.17. The number of nitrogens with zero attached hydrogens (tertiary/aromatic N) is 1. The summed E-state index contributed by atoms with van der Waals surface area (Å²) < 4.78 is 0. The maximum Gasteiger partial charge on any atom is 0.0326 e. The van der Waals surface area contributed by atoms with Crippen LogP contribution in [0.4, 0.5) is 0 Å². The lowest BCUT2D eigenvalue weighted by molar-refractivity contribution is 0.189. The first kappa shape index (κ1) is 11.5. The minimum Gasteiger partial charge on any atom is -0.292 e. The molecule has 1 heteroatoms. The van der Waals surface area contributed by atoms with Crippen molar-refractivity contribution in [3.63, 3.8) is 0 Å². The second-order valence-electron chi connectivity index (χ2n) is 5.08. The molecule has 2 aromatic rings. The van der Waals surface area contributed by atoms with Crippen LogP contribution < -0.4 is 0 Å². The van der Waals surface area contributed by atoms with Crippen molar-refractivity contribution in [1.29, 1.82) is 0 Å². The summed E-state index contributed by atoms with van der Waals surface area (Å²) in [6.45, 7) is 4.53. The van der Waals surface area contributed by atoms with Crippen LogP contribution in [-0.4, -0.2) is 11.4 Å². The van der Waals surface area contributed by atoms with E-state index >= 15 is 0 Å². The van der Waals surface area contributed by atoms with Crippen molar-refractivity contribution in [3.05, 3.63) is 71.3 Å².